The lowest BCUT2D eigenvalue weighted by Crippen LogP contribution is -2.18. The minimum Gasteiger partial charge on any atom is -0.404 e. The van der Waals surface area contributed by atoms with Crippen LogP contribution in [0.5, 0.6) is 5.75 Å². The molecule has 0 saturated carbocycles. The first kappa shape index (κ1) is 12.2. The molecule has 0 amide bonds. The van der Waals surface area contributed by atoms with Gasteiger partial charge in [0.25, 0.3) is 0 Å². The van der Waals surface area contributed by atoms with Crippen molar-refractivity contribution < 1.29 is 17.9 Å². The van der Waals surface area contributed by atoms with Gasteiger partial charge in [0.2, 0.25) is 0 Å². The molecule has 0 heterocycles. The van der Waals surface area contributed by atoms with Crippen LogP contribution in [0.15, 0.2) is 18.2 Å². The molecule has 0 aliphatic rings. The summed E-state index contributed by atoms with van der Waals surface area (Å²) in [5, 5.41) is -0.0500. The summed E-state index contributed by atoms with van der Waals surface area (Å²) in [7, 11) is 0. The predicted molar refractivity (Wildman–Crippen MR) is 51.8 cm³/mol. The highest BCUT2D eigenvalue weighted by Crippen LogP contribution is 2.36. The van der Waals surface area contributed by atoms with Gasteiger partial charge >= 0.3 is 6.36 Å². The monoisotopic (exact) mass is 237 g/mol. The van der Waals surface area contributed by atoms with E-state index in [0.29, 0.717) is 11.5 Å². The topological polar surface area (TPSA) is 9.23 Å². The normalized spacial score (nSPS) is 11.9. The van der Waals surface area contributed by atoms with Crippen LogP contribution in [0.1, 0.15) is 19.4 Å². The number of alkyl halides is 3. The van der Waals surface area contributed by atoms with Crippen LogP contribution in [0.2, 0.25) is 5.02 Å². The van der Waals surface area contributed by atoms with E-state index in [2.05, 4.69) is 4.74 Å². The highest BCUT2D eigenvalue weighted by Gasteiger charge is 2.33. The molecule has 1 aromatic rings. The smallest absolute Gasteiger partial charge is 0.404 e. The van der Waals surface area contributed by atoms with Gasteiger partial charge in [0.15, 0.2) is 5.75 Å². The maximum absolute atomic E-state index is 12.1. The largest absolute Gasteiger partial charge is 0.573 e. The van der Waals surface area contributed by atoms with Gasteiger partial charge in [0.1, 0.15) is 0 Å². The van der Waals surface area contributed by atoms with Crippen LogP contribution in [0.3, 0.4) is 0 Å². The number of halogens is 4. The Balaban J connectivity index is 3.14. The third kappa shape index (κ3) is 3.30. The van der Waals surface area contributed by atoms with E-state index in [0.717, 1.165) is 0 Å². The van der Waals surface area contributed by atoms with Crippen molar-refractivity contribution in [1.82, 2.24) is 0 Å². The first-order chi connectivity index (χ1) is 6.81. The fourth-order valence-electron chi connectivity index (χ4n) is 1.12. The minimum atomic E-state index is -4.73. The van der Waals surface area contributed by atoms with Crippen molar-refractivity contribution in [2.45, 2.75) is 20.2 Å². The summed E-state index contributed by atoms with van der Waals surface area (Å²) in [6.07, 6.45) is -4.73. The SMILES string of the molecule is C[C](C)c1cccc(Cl)c1OC(F)(F)F. The summed E-state index contributed by atoms with van der Waals surface area (Å²) < 4.78 is 40.1. The van der Waals surface area contributed by atoms with E-state index in [1.54, 1.807) is 19.9 Å². The van der Waals surface area contributed by atoms with Crippen LogP contribution in [-0.4, -0.2) is 6.36 Å². The lowest BCUT2D eigenvalue weighted by molar-refractivity contribution is -0.274. The van der Waals surface area contributed by atoms with E-state index in [9.17, 15) is 13.2 Å². The highest BCUT2D eigenvalue weighted by atomic mass is 35.5. The van der Waals surface area contributed by atoms with Crippen LogP contribution in [0.4, 0.5) is 13.2 Å². The van der Waals surface area contributed by atoms with Gasteiger partial charge in [-0.25, -0.2) is 0 Å². The summed E-state index contributed by atoms with van der Waals surface area (Å²) in [6.45, 7) is 3.38. The molecule has 0 saturated heterocycles. The van der Waals surface area contributed by atoms with Gasteiger partial charge in [-0.15, -0.1) is 13.2 Å². The second-order valence-corrected chi connectivity index (χ2v) is 3.57. The van der Waals surface area contributed by atoms with E-state index >= 15 is 0 Å². The van der Waals surface area contributed by atoms with Crippen LogP contribution < -0.4 is 4.74 Å². The minimum absolute atomic E-state index is 0.0500. The molecular formula is C10H9ClF3O. The fourth-order valence-corrected chi connectivity index (χ4v) is 1.34. The van der Waals surface area contributed by atoms with Crippen LogP contribution in [0, 0.1) is 5.92 Å². The molecule has 5 heteroatoms. The summed E-state index contributed by atoms with van der Waals surface area (Å²) in [4.78, 5) is 0. The number of benzene rings is 1. The van der Waals surface area contributed by atoms with Gasteiger partial charge in [-0.05, 0) is 6.07 Å². The van der Waals surface area contributed by atoms with Crippen molar-refractivity contribution >= 4 is 11.6 Å². The number of hydrogen-bond acceptors (Lipinski definition) is 1. The molecule has 1 aromatic carbocycles. The Morgan fingerprint density at radius 3 is 2.33 bits per heavy atom. The molecule has 1 nitrogen and oxygen atoms in total. The molecule has 0 atom stereocenters. The van der Waals surface area contributed by atoms with E-state index in [1.807, 2.05) is 0 Å². The molecule has 1 radical (unpaired) electrons. The number of para-hydroxylation sites is 1. The van der Waals surface area contributed by atoms with Gasteiger partial charge < -0.3 is 4.74 Å². The third-order valence-electron chi connectivity index (χ3n) is 1.72. The van der Waals surface area contributed by atoms with Crippen LogP contribution >= 0.6 is 11.6 Å². The zero-order valence-electron chi connectivity index (χ0n) is 8.15. The van der Waals surface area contributed by atoms with E-state index in [4.69, 9.17) is 11.6 Å². The van der Waals surface area contributed by atoms with Crippen molar-refractivity contribution in [1.29, 1.82) is 0 Å². The van der Waals surface area contributed by atoms with Gasteiger partial charge in [0, 0.05) is 11.5 Å². The number of hydrogen-bond donors (Lipinski definition) is 0. The molecule has 0 aliphatic heterocycles. The highest BCUT2D eigenvalue weighted by molar-refractivity contribution is 6.32. The summed E-state index contributed by atoms with van der Waals surface area (Å²) >= 11 is 5.64. The van der Waals surface area contributed by atoms with E-state index in [1.165, 1.54) is 12.1 Å². The quantitative estimate of drug-likeness (QED) is 0.749. The van der Waals surface area contributed by atoms with Crippen molar-refractivity contribution in [3.05, 3.63) is 34.7 Å². The molecular weight excluding hydrogens is 229 g/mol. The van der Waals surface area contributed by atoms with Gasteiger partial charge in [-0.1, -0.05) is 37.6 Å². The molecule has 0 aromatic heterocycles. The molecule has 0 spiro atoms. The molecule has 0 fully saturated rings. The second-order valence-electron chi connectivity index (χ2n) is 3.16. The second kappa shape index (κ2) is 4.31. The summed E-state index contributed by atoms with van der Waals surface area (Å²) in [6, 6.07) is 4.46. The Morgan fingerprint density at radius 1 is 1.27 bits per heavy atom. The van der Waals surface area contributed by atoms with Gasteiger partial charge in [0.05, 0.1) is 5.02 Å². The Bertz CT molecular complexity index is 347. The number of rotatable bonds is 2. The van der Waals surface area contributed by atoms with Crippen molar-refractivity contribution in [2.75, 3.05) is 0 Å². The maximum atomic E-state index is 12.1. The van der Waals surface area contributed by atoms with E-state index < -0.39 is 6.36 Å². The maximum Gasteiger partial charge on any atom is 0.573 e. The Hall–Kier alpha value is -0.900. The molecule has 1 rings (SSSR count). The number of ether oxygens (including phenoxy) is 1. The molecule has 0 unspecified atom stereocenters. The fraction of sp³-hybridized carbons (Fsp3) is 0.300. The first-order valence-electron chi connectivity index (χ1n) is 4.16. The Morgan fingerprint density at radius 2 is 1.87 bits per heavy atom. The predicted octanol–water partition coefficient (Wildman–Crippen LogP) is 4.20. The zero-order chi connectivity index (χ0) is 11.6. The first-order valence-corrected chi connectivity index (χ1v) is 4.54. The summed E-state index contributed by atoms with van der Waals surface area (Å²) in [5.41, 5.74) is 0.361. The molecule has 0 N–H and O–H groups in total. The third-order valence-corrected chi connectivity index (χ3v) is 2.02. The summed E-state index contributed by atoms with van der Waals surface area (Å²) in [5.74, 6) is 0.364. The average molecular weight is 238 g/mol. The lowest BCUT2D eigenvalue weighted by Gasteiger charge is -2.16. The van der Waals surface area contributed by atoms with Gasteiger partial charge in [-0.3, -0.25) is 0 Å². The van der Waals surface area contributed by atoms with Gasteiger partial charge in [-0.2, -0.15) is 0 Å². The zero-order valence-corrected chi connectivity index (χ0v) is 8.91. The lowest BCUT2D eigenvalue weighted by atomic mass is 10.0. The van der Waals surface area contributed by atoms with Crippen molar-refractivity contribution in [3.8, 4) is 5.75 Å². The molecule has 0 bridgehead atoms. The van der Waals surface area contributed by atoms with Crippen molar-refractivity contribution in [3.63, 3.8) is 0 Å². The van der Waals surface area contributed by atoms with E-state index in [-0.39, 0.29) is 10.8 Å². The molecule has 15 heavy (non-hydrogen) atoms. The standard InChI is InChI=1S/C10H9ClF3O/c1-6(2)7-4-3-5-8(11)9(7)15-10(12,13)14/h3-5H,1-2H3. The van der Waals surface area contributed by atoms with Crippen molar-refractivity contribution in [2.24, 2.45) is 0 Å². The average Bonchev–Trinajstić information content (AvgIpc) is 2.05. The Labute approximate surface area is 90.8 Å². The van der Waals surface area contributed by atoms with Crippen LogP contribution in [0.25, 0.3) is 0 Å². The Kier molecular flexibility index (Phi) is 3.50. The molecule has 83 valence electrons. The molecule has 0 aliphatic carbocycles. The van der Waals surface area contributed by atoms with Crippen LogP contribution in [-0.2, 0) is 0 Å².